The molecule has 0 amide bonds. The van der Waals surface area contributed by atoms with Crippen LogP contribution in [0.15, 0.2) is 22.7 Å². The molecule has 0 aromatic heterocycles. The van der Waals surface area contributed by atoms with Crippen LogP contribution < -0.4 is 4.74 Å². The molecule has 0 aliphatic heterocycles. The lowest BCUT2D eigenvalue weighted by Gasteiger charge is -2.11. The van der Waals surface area contributed by atoms with E-state index in [1.807, 2.05) is 0 Å². The van der Waals surface area contributed by atoms with E-state index in [-0.39, 0.29) is 18.3 Å². The fourth-order valence-electron chi connectivity index (χ4n) is 1.15. The van der Waals surface area contributed by atoms with Crippen LogP contribution in [0, 0.1) is 0 Å². The van der Waals surface area contributed by atoms with Crippen molar-refractivity contribution >= 4 is 15.9 Å². The van der Waals surface area contributed by atoms with E-state index in [4.69, 9.17) is 5.11 Å². The molecule has 1 rings (SSSR count). The fourth-order valence-corrected chi connectivity index (χ4v) is 1.64. The standard InChI is InChI=1S/C10H11BrF2O2/c1-6(5-14)7-2-8(11)4-9(3-7)15-10(12)13/h2-4,6,10,14H,5H2,1H3. The molecule has 15 heavy (non-hydrogen) atoms. The van der Waals surface area contributed by atoms with Gasteiger partial charge >= 0.3 is 6.61 Å². The summed E-state index contributed by atoms with van der Waals surface area (Å²) in [6.07, 6.45) is 0. The van der Waals surface area contributed by atoms with Crippen LogP contribution in [0.25, 0.3) is 0 Å². The molecule has 0 saturated carbocycles. The molecule has 84 valence electrons. The highest BCUT2D eigenvalue weighted by molar-refractivity contribution is 9.10. The summed E-state index contributed by atoms with van der Waals surface area (Å²) in [4.78, 5) is 0. The Labute approximate surface area is 95.0 Å². The normalized spacial score (nSPS) is 12.9. The monoisotopic (exact) mass is 280 g/mol. The summed E-state index contributed by atoms with van der Waals surface area (Å²) < 4.78 is 28.9. The van der Waals surface area contributed by atoms with Crippen molar-refractivity contribution in [2.45, 2.75) is 19.5 Å². The molecule has 1 unspecified atom stereocenters. The van der Waals surface area contributed by atoms with Gasteiger partial charge in [0.1, 0.15) is 5.75 Å². The quantitative estimate of drug-likeness (QED) is 0.918. The Hall–Kier alpha value is -0.680. The summed E-state index contributed by atoms with van der Waals surface area (Å²) in [5.74, 6) is -0.0165. The average molecular weight is 281 g/mol. The van der Waals surface area contributed by atoms with Gasteiger partial charge in [-0.15, -0.1) is 0 Å². The number of hydrogen-bond donors (Lipinski definition) is 1. The predicted molar refractivity (Wildman–Crippen MR) is 56.3 cm³/mol. The van der Waals surface area contributed by atoms with Crippen LogP contribution in [0.3, 0.4) is 0 Å². The van der Waals surface area contributed by atoms with Gasteiger partial charge < -0.3 is 9.84 Å². The maximum atomic E-state index is 12.0. The lowest BCUT2D eigenvalue weighted by atomic mass is 10.0. The Morgan fingerprint density at radius 1 is 1.40 bits per heavy atom. The van der Waals surface area contributed by atoms with Crippen LogP contribution in [0.1, 0.15) is 18.4 Å². The van der Waals surface area contributed by atoms with Gasteiger partial charge in [0.05, 0.1) is 0 Å². The Balaban J connectivity index is 2.94. The number of benzene rings is 1. The van der Waals surface area contributed by atoms with Crippen LogP contribution in [-0.4, -0.2) is 18.3 Å². The van der Waals surface area contributed by atoms with Gasteiger partial charge in [0.15, 0.2) is 0 Å². The van der Waals surface area contributed by atoms with Crippen LogP contribution in [-0.2, 0) is 0 Å². The van der Waals surface area contributed by atoms with E-state index in [2.05, 4.69) is 20.7 Å². The first-order valence-electron chi connectivity index (χ1n) is 4.39. The molecular formula is C10H11BrF2O2. The van der Waals surface area contributed by atoms with Crippen molar-refractivity contribution in [2.75, 3.05) is 6.61 Å². The van der Waals surface area contributed by atoms with Gasteiger partial charge in [-0.2, -0.15) is 8.78 Å². The lowest BCUT2D eigenvalue weighted by Crippen LogP contribution is -2.04. The van der Waals surface area contributed by atoms with E-state index < -0.39 is 6.61 Å². The molecule has 5 heteroatoms. The highest BCUT2D eigenvalue weighted by atomic mass is 79.9. The number of aliphatic hydroxyl groups excluding tert-OH is 1. The van der Waals surface area contributed by atoms with E-state index in [0.29, 0.717) is 4.47 Å². The topological polar surface area (TPSA) is 29.5 Å². The van der Waals surface area contributed by atoms with Gasteiger partial charge in [0, 0.05) is 17.0 Å². The molecule has 0 saturated heterocycles. The first-order chi connectivity index (χ1) is 7.02. The van der Waals surface area contributed by atoms with Crippen molar-refractivity contribution in [2.24, 2.45) is 0 Å². The number of hydrogen-bond acceptors (Lipinski definition) is 2. The van der Waals surface area contributed by atoms with Gasteiger partial charge in [-0.25, -0.2) is 0 Å². The average Bonchev–Trinajstić information content (AvgIpc) is 2.14. The molecule has 2 nitrogen and oxygen atoms in total. The van der Waals surface area contributed by atoms with E-state index in [0.717, 1.165) is 5.56 Å². The maximum Gasteiger partial charge on any atom is 0.387 e. The number of halogens is 3. The number of rotatable bonds is 4. The second-order valence-electron chi connectivity index (χ2n) is 3.18. The first-order valence-corrected chi connectivity index (χ1v) is 5.18. The smallest absolute Gasteiger partial charge is 0.387 e. The Morgan fingerprint density at radius 3 is 2.60 bits per heavy atom. The van der Waals surface area contributed by atoms with Gasteiger partial charge in [-0.1, -0.05) is 22.9 Å². The van der Waals surface area contributed by atoms with Crippen molar-refractivity contribution in [1.82, 2.24) is 0 Å². The van der Waals surface area contributed by atoms with Crippen molar-refractivity contribution in [3.63, 3.8) is 0 Å². The van der Waals surface area contributed by atoms with Crippen molar-refractivity contribution in [3.05, 3.63) is 28.2 Å². The van der Waals surface area contributed by atoms with E-state index in [1.54, 1.807) is 13.0 Å². The summed E-state index contributed by atoms with van der Waals surface area (Å²) in [5.41, 5.74) is 0.752. The predicted octanol–water partition coefficient (Wildman–Crippen LogP) is 3.15. The van der Waals surface area contributed by atoms with Crippen molar-refractivity contribution in [3.8, 4) is 5.75 Å². The third kappa shape index (κ3) is 3.76. The van der Waals surface area contributed by atoms with Crippen molar-refractivity contribution < 1.29 is 18.6 Å². The van der Waals surface area contributed by atoms with E-state index in [9.17, 15) is 8.78 Å². The SMILES string of the molecule is CC(CO)c1cc(Br)cc(OC(F)F)c1. The van der Waals surface area contributed by atoms with Gasteiger partial charge in [-0.05, 0) is 23.8 Å². The molecule has 0 bridgehead atoms. The van der Waals surface area contributed by atoms with Crippen molar-refractivity contribution in [1.29, 1.82) is 0 Å². The van der Waals surface area contributed by atoms with Gasteiger partial charge in [0.2, 0.25) is 0 Å². The lowest BCUT2D eigenvalue weighted by molar-refractivity contribution is -0.0499. The first kappa shape index (κ1) is 12.4. The molecule has 0 fully saturated rings. The summed E-state index contributed by atoms with van der Waals surface area (Å²) >= 11 is 3.19. The molecule has 1 N–H and O–H groups in total. The zero-order valence-electron chi connectivity index (χ0n) is 8.08. The van der Waals surface area contributed by atoms with E-state index in [1.165, 1.54) is 12.1 Å². The van der Waals surface area contributed by atoms with Crippen LogP contribution >= 0.6 is 15.9 Å². The molecule has 0 aliphatic carbocycles. The second kappa shape index (κ2) is 5.42. The molecule has 0 radical (unpaired) electrons. The molecule has 1 aromatic rings. The Morgan fingerprint density at radius 2 is 2.07 bits per heavy atom. The van der Waals surface area contributed by atoms with E-state index >= 15 is 0 Å². The van der Waals surface area contributed by atoms with Crippen LogP contribution in [0.4, 0.5) is 8.78 Å². The largest absolute Gasteiger partial charge is 0.435 e. The molecule has 1 atom stereocenters. The minimum Gasteiger partial charge on any atom is -0.435 e. The maximum absolute atomic E-state index is 12.0. The number of alkyl halides is 2. The summed E-state index contributed by atoms with van der Waals surface area (Å²) in [7, 11) is 0. The molecule has 0 aliphatic rings. The second-order valence-corrected chi connectivity index (χ2v) is 4.10. The highest BCUT2D eigenvalue weighted by Crippen LogP contribution is 2.27. The minimum atomic E-state index is -2.84. The van der Waals surface area contributed by atoms with Gasteiger partial charge in [-0.3, -0.25) is 0 Å². The summed E-state index contributed by atoms with van der Waals surface area (Å²) in [6, 6.07) is 4.72. The molecular weight excluding hydrogens is 270 g/mol. The third-order valence-corrected chi connectivity index (χ3v) is 2.42. The zero-order valence-corrected chi connectivity index (χ0v) is 9.67. The van der Waals surface area contributed by atoms with Crippen LogP contribution in [0.5, 0.6) is 5.75 Å². The molecule has 0 spiro atoms. The fraction of sp³-hybridized carbons (Fsp3) is 0.400. The summed E-state index contributed by atoms with van der Waals surface area (Å²) in [6.45, 7) is -1.07. The van der Waals surface area contributed by atoms with Crippen LogP contribution in [0.2, 0.25) is 0 Å². The van der Waals surface area contributed by atoms with Gasteiger partial charge in [0.25, 0.3) is 0 Å². The summed E-state index contributed by atoms with van der Waals surface area (Å²) in [5, 5.41) is 8.95. The Bertz CT molecular complexity index is 331. The number of ether oxygens (including phenoxy) is 1. The Kier molecular flexibility index (Phi) is 4.47. The molecule has 1 aromatic carbocycles. The zero-order chi connectivity index (χ0) is 11.4. The molecule has 0 heterocycles. The third-order valence-electron chi connectivity index (χ3n) is 1.96. The number of aliphatic hydroxyl groups is 1. The highest BCUT2D eigenvalue weighted by Gasteiger charge is 2.10. The minimum absolute atomic E-state index is 0.0371.